The predicted octanol–water partition coefficient (Wildman–Crippen LogP) is 1.59. The van der Waals surface area contributed by atoms with Gasteiger partial charge >= 0.3 is 0 Å². The number of nitrogens with one attached hydrogen (secondary N) is 1. The zero-order chi connectivity index (χ0) is 16.7. The Balaban J connectivity index is 1.86. The van der Waals surface area contributed by atoms with Crippen molar-refractivity contribution in [3.05, 3.63) is 24.3 Å². The number of amides is 2. The average molecular weight is 320 g/mol. The Morgan fingerprint density at radius 3 is 2.48 bits per heavy atom. The molecule has 1 saturated heterocycles. The quantitative estimate of drug-likeness (QED) is 0.864. The predicted molar refractivity (Wildman–Crippen MR) is 87.6 cm³/mol. The molecule has 126 valence electrons. The van der Waals surface area contributed by atoms with Gasteiger partial charge in [-0.15, -0.1) is 0 Å². The minimum atomic E-state index is -0.0597. The molecule has 1 fully saturated rings. The zero-order valence-electron chi connectivity index (χ0n) is 13.7. The number of carbonyl (C=O) groups is 2. The molecule has 0 aromatic heterocycles. The van der Waals surface area contributed by atoms with Crippen LogP contribution in [0.5, 0.6) is 5.75 Å². The molecule has 1 N–H and O–H groups in total. The van der Waals surface area contributed by atoms with E-state index in [1.807, 2.05) is 24.3 Å². The maximum absolute atomic E-state index is 12.1. The molecule has 1 aromatic rings. The first-order valence-corrected chi connectivity index (χ1v) is 7.89. The van der Waals surface area contributed by atoms with Crippen LogP contribution in [0.2, 0.25) is 0 Å². The average Bonchev–Trinajstić information content (AvgIpc) is 2.59. The van der Waals surface area contributed by atoms with E-state index in [4.69, 9.17) is 9.47 Å². The third-order valence-corrected chi connectivity index (χ3v) is 3.99. The molecule has 1 aromatic carbocycles. The molecule has 0 radical (unpaired) electrons. The van der Waals surface area contributed by atoms with Gasteiger partial charge in [-0.25, -0.2) is 0 Å². The van der Waals surface area contributed by atoms with Crippen molar-refractivity contribution < 1.29 is 19.1 Å². The lowest BCUT2D eigenvalue weighted by molar-refractivity contribution is -0.127. The van der Waals surface area contributed by atoms with Crippen LogP contribution in [0.1, 0.15) is 19.8 Å². The van der Waals surface area contributed by atoms with E-state index in [2.05, 4.69) is 5.32 Å². The number of rotatable bonds is 6. The lowest BCUT2D eigenvalue weighted by Gasteiger charge is -2.24. The molecular weight excluding hydrogens is 296 g/mol. The van der Waals surface area contributed by atoms with Gasteiger partial charge in [-0.1, -0.05) is 0 Å². The second-order valence-corrected chi connectivity index (χ2v) is 5.55. The summed E-state index contributed by atoms with van der Waals surface area (Å²) in [6.45, 7) is 3.68. The molecule has 1 heterocycles. The summed E-state index contributed by atoms with van der Waals surface area (Å²) in [5.74, 6) is 0.752. The van der Waals surface area contributed by atoms with E-state index in [1.165, 1.54) is 6.92 Å². The Morgan fingerprint density at radius 1 is 1.26 bits per heavy atom. The monoisotopic (exact) mass is 320 g/mol. The first-order chi connectivity index (χ1) is 11.1. The van der Waals surface area contributed by atoms with E-state index in [9.17, 15) is 9.59 Å². The topological polar surface area (TPSA) is 67.9 Å². The standard InChI is InChI=1S/C17H24N2O4/c1-13(20)19(15-3-5-16(22-2)6-4-15)10-9-18-17(21)14-7-11-23-12-8-14/h3-6,14H,7-12H2,1-2H3,(H,18,21). The van der Waals surface area contributed by atoms with E-state index >= 15 is 0 Å². The second kappa shape index (κ2) is 8.53. The van der Waals surface area contributed by atoms with Crippen molar-refractivity contribution in [2.75, 3.05) is 38.3 Å². The molecule has 0 saturated carbocycles. The molecule has 1 aliphatic heterocycles. The molecule has 0 atom stereocenters. The molecule has 0 bridgehead atoms. The van der Waals surface area contributed by atoms with E-state index in [0.29, 0.717) is 26.3 Å². The van der Waals surface area contributed by atoms with E-state index in [1.54, 1.807) is 12.0 Å². The van der Waals surface area contributed by atoms with Crippen LogP contribution >= 0.6 is 0 Å². The van der Waals surface area contributed by atoms with Crippen molar-refractivity contribution >= 4 is 17.5 Å². The van der Waals surface area contributed by atoms with E-state index in [-0.39, 0.29) is 17.7 Å². The van der Waals surface area contributed by atoms with Crippen LogP contribution in [-0.2, 0) is 14.3 Å². The van der Waals surface area contributed by atoms with Gasteiger partial charge in [0, 0.05) is 44.8 Å². The lowest BCUT2D eigenvalue weighted by atomic mass is 9.99. The highest BCUT2D eigenvalue weighted by Crippen LogP contribution is 2.19. The zero-order valence-corrected chi connectivity index (χ0v) is 13.7. The Hall–Kier alpha value is -2.08. The van der Waals surface area contributed by atoms with Crippen molar-refractivity contribution in [3.8, 4) is 5.75 Å². The SMILES string of the molecule is COc1ccc(N(CCNC(=O)C2CCOCC2)C(C)=O)cc1. The summed E-state index contributed by atoms with van der Waals surface area (Å²) >= 11 is 0. The van der Waals surface area contributed by atoms with Crippen LogP contribution in [0, 0.1) is 5.92 Å². The first kappa shape index (κ1) is 17.3. The molecule has 1 aliphatic rings. The summed E-state index contributed by atoms with van der Waals surface area (Å²) < 4.78 is 10.4. The van der Waals surface area contributed by atoms with Crippen molar-refractivity contribution in [1.29, 1.82) is 0 Å². The van der Waals surface area contributed by atoms with Crippen molar-refractivity contribution in [3.63, 3.8) is 0 Å². The summed E-state index contributed by atoms with van der Waals surface area (Å²) in [6.07, 6.45) is 1.53. The maximum Gasteiger partial charge on any atom is 0.223 e. The van der Waals surface area contributed by atoms with Gasteiger partial charge in [-0.2, -0.15) is 0 Å². The fourth-order valence-corrected chi connectivity index (χ4v) is 2.63. The number of ether oxygens (including phenoxy) is 2. The third kappa shape index (κ3) is 4.96. The minimum absolute atomic E-state index is 0.0236. The van der Waals surface area contributed by atoms with Crippen LogP contribution < -0.4 is 15.0 Å². The number of hydrogen-bond donors (Lipinski definition) is 1. The molecule has 23 heavy (non-hydrogen) atoms. The molecule has 6 heteroatoms. The smallest absolute Gasteiger partial charge is 0.223 e. The fraction of sp³-hybridized carbons (Fsp3) is 0.529. The Kier molecular flexibility index (Phi) is 6.40. The molecule has 6 nitrogen and oxygen atoms in total. The highest BCUT2D eigenvalue weighted by Gasteiger charge is 2.21. The largest absolute Gasteiger partial charge is 0.497 e. The molecule has 2 amide bonds. The van der Waals surface area contributed by atoms with Crippen LogP contribution in [0.3, 0.4) is 0 Å². The summed E-state index contributed by atoms with van der Waals surface area (Å²) in [7, 11) is 1.60. The summed E-state index contributed by atoms with van der Waals surface area (Å²) in [5.41, 5.74) is 0.790. The van der Waals surface area contributed by atoms with Crippen molar-refractivity contribution in [1.82, 2.24) is 5.32 Å². The fourth-order valence-electron chi connectivity index (χ4n) is 2.63. The molecule has 0 spiro atoms. The highest BCUT2D eigenvalue weighted by molar-refractivity contribution is 5.91. The van der Waals surface area contributed by atoms with Gasteiger partial charge in [-0.3, -0.25) is 9.59 Å². The molecule has 0 aliphatic carbocycles. The number of hydrogen-bond acceptors (Lipinski definition) is 4. The van der Waals surface area contributed by atoms with Gasteiger partial charge in [0.15, 0.2) is 0 Å². The number of anilines is 1. The van der Waals surface area contributed by atoms with Crippen LogP contribution in [0.15, 0.2) is 24.3 Å². The molecular formula is C17H24N2O4. The second-order valence-electron chi connectivity index (χ2n) is 5.55. The van der Waals surface area contributed by atoms with Crippen LogP contribution in [-0.4, -0.2) is 45.2 Å². The number of nitrogens with zero attached hydrogens (tertiary/aromatic N) is 1. The minimum Gasteiger partial charge on any atom is -0.497 e. The van der Waals surface area contributed by atoms with Gasteiger partial charge < -0.3 is 19.7 Å². The summed E-state index contributed by atoms with van der Waals surface area (Å²) in [6, 6.07) is 7.29. The molecule has 0 unspecified atom stereocenters. The normalized spacial score (nSPS) is 15.0. The summed E-state index contributed by atoms with van der Waals surface area (Å²) in [5, 5.41) is 2.92. The lowest BCUT2D eigenvalue weighted by Crippen LogP contribution is -2.40. The van der Waals surface area contributed by atoms with Crippen LogP contribution in [0.25, 0.3) is 0 Å². The van der Waals surface area contributed by atoms with Gasteiger partial charge in [-0.05, 0) is 37.1 Å². The van der Waals surface area contributed by atoms with Crippen molar-refractivity contribution in [2.24, 2.45) is 5.92 Å². The highest BCUT2D eigenvalue weighted by atomic mass is 16.5. The van der Waals surface area contributed by atoms with Gasteiger partial charge in [0.25, 0.3) is 0 Å². The van der Waals surface area contributed by atoms with Gasteiger partial charge in [0.2, 0.25) is 11.8 Å². The molecule has 2 rings (SSSR count). The number of benzene rings is 1. The van der Waals surface area contributed by atoms with E-state index in [0.717, 1.165) is 24.3 Å². The Labute approximate surface area is 136 Å². The number of carbonyl (C=O) groups excluding carboxylic acids is 2. The number of methoxy groups -OCH3 is 1. The van der Waals surface area contributed by atoms with Gasteiger partial charge in [0.1, 0.15) is 5.75 Å². The Bertz CT molecular complexity index is 524. The maximum atomic E-state index is 12.1. The van der Waals surface area contributed by atoms with Crippen LogP contribution in [0.4, 0.5) is 5.69 Å². The third-order valence-electron chi connectivity index (χ3n) is 3.99. The summed E-state index contributed by atoms with van der Waals surface area (Å²) in [4.78, 5) is 25.6. The Morgan fingerprint density at radius 2 is 1.91 bits per heavy atom. The first-order valence-electron chi connectivity index (χ1n) is 7.89. The van der Waals surface area contributed by atoms with E-state index < -0.39 is 0 Å². The van der Waals surface area contributed by atoms with Gasteiger partial charge in [0.05, 0.1) is 7.11 Å². The van der Waals surface area contributed by atoms with Crippen molar-refractivity contribution in [2.45, 2.75) is 19.8 Å².